The molecule has 7 nitrogen and oxygen atoms in total. The fourth-order valence-corrected chi connectivity index (χ4v) is 2.12. The van der Waals surface area contributed by atoms with Crippen LogP contribution in [0.2, 0.25) is 0 Å². The van der Waals surface area contributed by atoms with Gasteiger partial charge in [-0.25, -0.2) is 0 Å². The normalized spacial score (nSPS) is 10.5. The minimum atomic E-state index is -4.41. The van der Waals surface area contributed by atoms with Crippen LogP contribution in [0.15, 0.2) is 53.4 Å². The number of benzene rings is 2. The van der Waals surface area contributed by atoms with E-state index in [2.05, 4.69) is 0 Å². The quantitative estimate of drug-likeness (QED) is 0.357. The van der Waals surface area contributed by atoms with E-state index < -0.39 is 15.0 Å². The first kappa shape index (κ1) is 18.2. The zero-order chi connectivity index (χ0) is 14.8. The molecule has 1 N–H and O–H groups in total. The van der Waals surface area contributed by atoms with E-state index in [4.69, 9.17) is 9.29 Å². The number of hydrogen-bond donors (Lipinski definition) is 1. The average molecular weight is 335 g/mol. The maximum absolute atomic E-state index is 11.2. The fourth-order valence-electron chi connectivity index (χ4n) is 1.51. The van der Waals surface area contributed by atoms with Crippen LogP contribution in [0.25, 0.3) is 0 Å². The Balaban J connectivity index is 0.00000220. The van der Waals surface area contributed by atoms with Gasteiger partial charge in [-0.3, -0.25) is 14.7 Å². The first-order chi connectivity index (χ1) is 9.38. The molecule has 2 rings (SSSR count). The number of nitro groups is 1. The van der Waals surface area contributed by atoms with Crippen molar-refractivity contribution in [1.82, 2.24) is 0 Å². The van der Waals surface area contributed by atoms with E-state index in [-0.39, 0.29) is 74.9 Å². The van der Waals surface area contributed by atoms with E-state index in [0.29, 0.717) is 0 Å². The first-order valence-electron chi connectivity index (χ1n) is 5.37. The molecule has 0 unspecified atom stereocenters. The van der Waals surface area contributed by atoms with Crippen LogP contribution in [-0.2, 0) is 10.1 Å². The molecular formula is C12H10KNO6S. The molecule has 0 amide bonds. The summed E-state index contributed by atoms with van der Waals surface area (Å²) in [6, 6.07) is 10.6. The van der Waals surface area contributed by atoms with Crippen LogP contribution in [0, 0.1) is 10.1 Å². The summed E-state index contributed by atoms with van der Waals surface area (Å²) >= 11 is 0. The Labute approximate surface area is 164 Å². The van der Waals surface area contributed by atoms with Gasteiger partial charge in [-0.05, 0) is 24.3 Å². The molecule has 0 bridgehead atoms. The standard InChI is InChI=1S/C12H9NO6S.K.H/c14-13(15)9-5-7-10(8-6-9)19-11-3-1-2-4-12(11)20(16,17)18;;/h1-8H,(H,16,17,18);;/q;+1;-1. The van der Waals surface area contributed by atoms with Crippen LogP contribution in [0.5, 0.6) is 11.5 Å². The van der Waals surface area contributed by atoms with Crippen LogP contribution < -0.4 is 56.1 Å². The molecule has 0 atom stereocenters. The number of nitrogens with zero attached hydrogens (tertiary/aromatic N) is 1. The summed E-state index contributed by atoms with van der Waals surface area (Å²) in [6.07, 6.45) is 0. The maximum atomic E-state index is 11.2. The van der Waals surface area contributed by atoms with E-state index in [0.717, 1.165) is 0 Å². The Kier molecular flexibility index (Phi) is 6.47. The molecule has 0 spiro atoms. The molecular weight excluding hydrogens is 325 g/mol. The maximum Gasteiger partial charge on any atom is 1.00 e. The Bertz CT molecular complexity index is 750. The molecule has 2 aromatic rings. The van der Waals surface area contributed by atoms with Crippen molar-refractivity contribution >= 4 is 15.8 Å². The molecule has 0 saturated heterocycles. The summed E-state index contributed by atoms with van der Waals surface area (Å²) in [5.74, 6) is 0.149. The average Bonchev–Trinajstić information content (AvgIpc) is 2.38. The van der Waals surface area contributed by atoms with Gasteiger partial charge in [0.15, 0.2) is 0 Å². The zero-order valence-electron chi connectivity index (χ0n) is 12.0. The SMILES string of the molecule is O=[N+]([O-])c1ccc(Oc2ccccc2S(=O)(=O)O)cc1.[H-].[K+]. The molecule has 0 fully saturated rings. The van der Waals surface area contributed by atoms with Gasteiger partial charge in [-0.15, -0.1) is 0 Å². The largest absolute Gasteiger partial charge is 1.00 e. The van der Waals surface area contributed by atoms with E-state index in [1.165, 1.54) is 48.5 Å². The van der Waals surface area contributed by atoms with Crippen LogP contribution in [-0.4, -0.2) is 17.9 Å². The van der Waals surface area contributed by atoms with Crippen molar-refractivity contribution in [2.24, 2.45) is 0 Å². The summed E-state index contributed by atoms with van der Waals surface area (Å²) in [5, 5.41) is 10.5. The van der Waals surface area contributed by atoms with Gasteiger partial charge in [0.1, 0.15) is 16.4 Å². The van der Waals surface area contributed by atoms with Crippen molar-refractivity contribution in [3.63, 3.8) is 0 Å². The number of rotatable bonds is 4. The third-order valence-corrected chi connectivity index (χ3v) is 3.30. The number of hydrogen-bond acceptors (Lipinski definition) is 5. The van der Waals surface area contributed by atoms with Crippen molar-refractivity contribution in [2.75, 3.05) is 0 Å². The van der Waals surface area contributed by atoms with Gasteiger partial charge in [-0.1, -0.05) is 12.1 Å². The molecule has 0 aliphatic rings. The second-order valence-corrected chi connectivity index (χ2v) is 5.16. The minimum Gasteiger partial charge on any atom is -1.00 e. The van der Waals surface area contributed by atoms with Crippen molar-refractivity contribution in [3.05, 3.63) is 58.6 Å². The van der Waals surface area contributed by atoms with Gasteiger partial charge < -0.3 is 6.16 Å². The van der Waals surface area contributed by atoms with E-state index >= 15 is 0 Å². The molecule has 0 radical (unpaired) electrons. The Morgan fingerprint density at radius 1 is 1.10 bits per heavy atom. The molecule has 0 aliphatic carbocycles. The van der Waals surface area contributed by atoms with Gasteiger partial charge in [0.25, 0.3) is 15.8 Å². The number of ether oxygens (including phenoxy) is 1. The van der Waals surface area contributed by atoms with Crippen LogP contribution >= 0.6 is 0 Å². The van der Waals surface area contributed by atoms with E-state index in [1.807, 2.05) is 0 Å². The molecule has 0 aromatic heterocycles. The third-order valence-electron chi connectivity index (χ3n) is 2.40. The number of non-ortho nitro benzene ring substituents is 1. The van der Waals surface area contributed by atoms with Crippen LogP contribution in [0.3, 0.4) is 0 Å². The summed E-state index contributed by atoms with van der Waals surface area (Å²) in [6.45, 7) is 0. The molecule has 0 heterocycles. The van der Waals surface area contributed by atoms with Crippen molar-refractivity contribution in [1.29, 1.82) is 0 Å². The van der Waals surface area contributed by atoms with Gasteiger partial charge in [0, 0.05) is 12.1 Å². The number of nitro benzene ring substituents is 1. The Morgan fingerprint density at radius 3 is 2.19 bits per heavy atom. The van der Waals surface area contributed by atoms with Crippen molar-refractivity contribution < 1.29 is 75.4 Å². The Hall–Kier alpha value is -0.814. The molecule has 106 valence electrons. The fraction of sp³-hybridized carbons (Fsp3) is 0. The van der Waals surface area contributed by atoms with Gasteiger partial charge in [0.05, 0.1) is 4.92 Å². The summed E-state index contributed by atoms with van der Waals surface area (Å²) in [4.78, 5) is 9.57. The topological polar surface area (TPSA) is 107 Å². The van der Waals surface area contributed by atoms with Gasteiger partial charge in [-0.2, -0.15) is 8.42 Å². The van der Waals surface area contributed by atoms with Crippen molar-refractivity contribution in [3.8, 4) is 11.5 Å². The summed E-state index contributed by atoms with van der Waals surface area (Å²) in [7, 11) is -4.41. The molecule has 0 saturated carbocycles. The zero-order valence-corrected chi connectivity index (χ0v) is 14.9. The van der Waals surface area contributed by atoms with Crippen molar-refractivity contribution in [2.45, 2.75) is 4.90 Å². The number of para-hydroxylation sites is 1. The monoisotopic (exact) mass is 335 g/mol. The Morgan fingerprint density at radius 2 is 1.67 bits per heavy atom. The molecule has 2 aromatic carbocycles. The summed E-state index contributed by atoms with van der Waals surface area (Å²) < 4.78 is 36.7. The molecule has 0 aliphatic heterocycles. The van der Waals surface area contributed by atoms with Crippen LogP contribution in [0.4, 0.5) is 5.69 Å². The second-order valence-electron chi connectivity index (χ2n) is 3.77. The smallest absolute Gasteiger partial charge is 1.00 e. The van der Waals surface area contributed by atoms with Gasteiger partial charge in [0.2, 0.25) is 0 Å². The second kappa shape index (κ2) is 7.45. The van der Waals surface area contributed by atoms with Gasteiger partial charge >= 0.3 is 51.4 Å². The molecule has 21 heavy (non-hydrogen) atoms. The molecule has 9 heteroatoms. The summed E-state index contributed by atoms with van der Waals surface area (Å²) in [5.41, 5.74) is -0.111. The van der Waals surface area contributed by atoms with E-state index in [9.17, 15) is 18.5 Å². The predicted octanol–water partition coefficient (Wildman–Crippen LogP) is -0.250. The predicted molar refractivity (Wildman–Crippen MR) is 70.5 cm³/mol. The van der Waals surface area contributed by atoms with E-state index in [1.54, 1.807) is 0 Å². The third kappa shape index (κ3) is 4.85. The first-order valence-corrected chi connectivity index (χ1v) is 6.81. The minimum absolute atomic E-state index is 0. The van der Waals surface area contributed by atoms with Crippen LogP contribution in [0.1, 0.15) is 1.43 Å².